The minimum Gasteiger partial charge on any atom is -0.462 e. The molecule has 0 saturated heterocycles. The zero-order valence-electron chi connectivity index (χ0n) is 27.2. The summed E-state index contributed by atoms with van der Waals surface area (Å²) in [5.41, 5.74) is 0. The third-order valence-electron chi connectivity index (χ3n) is 7.11. The van der Waals surface area contributed by atoms with Crippen LogP contribution in [-0.2, 0) is 19.1 Å². The first-order valence-electron chi connectivity index (χ1n) is 17.2. The van der Waals surface area contributed by atoms with Gasteiger partial charge in [0.1, 0.15) is 6.61 Å². The highest BCUT2D eigenvalue weighted by atomic mass is 16.6. The van der Waals surface area contributed by atoms with Gasteiger partial charge in [-0.3, -0.25) is 9.59 Å². The molecule has 242 valence electrons. The molecular formula is C37H64O5. The highest BCUT2D eigenvalue weighted by molar-refractivity contribution is 5.70. The van der Waals surface area contributed by atoms with Gasteiger partial charge in [0.2, 0.25) is 0 Å². The van der Waals surface area contributed by atoms with Crippen LogP contribution in [0.4, 0.5) is 0 Å². The van der Waals surface area contributed by atoms with Crippen molar-refractivity contribution in [1.82, 2.24) is 0 Å². The number of ether oxygens (including phenoxy) is 2. The SMILES string of the molecule is CC/C=C/C/C=C/C/C=C/CCCCCCCC(=O)OC[C@H](CO)OC(=O)CCCCCCC/C=C/CCCCCC. The number of rotatable bonds is 30. The molecule has 0 rings (SSSR count). The molecule has 0 aromatic heterocycles. The summed E-state index contributed by atoms with van der Waals surface area (Å²) in [7, 11) is 0. The molecule has 0 aliphatic rings. The monoisotopic (exact) mass is 588 g/mol. The first-order chi connectivity index (χ1) is 20.6. The Morgan fingerprint density at radius 1 is 0.571 bits per heavy atom. The molecule has 5 nitrogen and oxygen atoms in total. The second-order valence-corrected chi connectivity index (χ2v) is 11.2. The fourth-order valence-electron chi connectivity index (χ4n) is 4.50. The van der Waals surface area contributed by atoms with Crippen LogP contribution in [0.25, 0.3) is 0 Å². The first-order valence-corrected chi connectivity index (χ1v) is 17.2. The van der Waals surface area contributed by atoms with E-state index in [1.807, 2.05) is 0 Å². The number of hydrogen-bond donors (Lipinski definition) is 1. The molecule has 0 aliphatic carbocycles. The Morgan fingerprint density at radius 2 is 1.02 bits per heavy atom. The lowest BCUT2D eigenvalue weighted by atomic mass is 10.1. The third kappa shape index (κ3) is 30.8. The maximum Gasteiger partial charge on any atom is 0.306 e. The molecule has 0 fully saturated rings. The Morgan fingerprint density at radius 3 is 1.57 bits per heavy atom. The van der Waals surface area contributed by atoms with Crippen LogP contribution in [0.1, 0.15) is 155 Å². The van der Waals surface area contributed by atoms with Gasteiger partial charge in [-0.1, -0.05) is 120 Å². The number of aliphatic hydroxyl groups excluding tert-OH is 1. The fourth-order valence-corrected chi connectivity index (χ4v) is 4.50. The Bertz CT molecular complexity index is 722. The molecule has 0 amide bonds. The predicted molar refractivity (Wildman–Crippen MR) is 177 cm³/mol. The fraction of sp³-hybridized carbons (Fsp3) is 0.730. The lowest BCUT2D eigenvalue weighted by molar-refractivity contribution is -0.161. The minimum atomic E-state index is -0.781. The molecule has 0 spiro atoms. The summed E-state index contributed by atoms with van der Waals surface area (Å²) in [4.78, 5) is 24.1. The molecule has 0 bridgehead atoms. The van der Waals surface area contributed by atoms with E-state index in [-0.39, 0.29) is 25.2 Å². The summed E-state index contributed by atoms with van der Waals surface area (Å²) in [5, 5.41) is 9.50. The van der Waals surface area contributed by atoms with Crippen molar-refractivity contribution in [1.29, 1.82) is 0 Å². The van der Waals surface area contributed by atoms with E-state index in [2.05, 4.69) is 62.5 Å². The van der Waals surface area contributed by atoms with Gasteiger partial charge in [0, 0.05) is 12.8 Å². The van der Waals surface area contributed by atoms with Crippen LogP contribution in [0.5, 0.6) is 0 Å². The van der Waals surface area contributed by atoms with Crippen LogP contribution in [-0.4, -0.2) is 36.4 Å². The van der Waals surface area contributed by atoms with Crippen molar-refractivity contribution in [2.45, 2.75) is 161 Å². The van der Waals surface area contributed by atoms with Gasteiger partial charge in [0.15, 0.2) is 6.10 Å². The number of unbranched alkanes of at least 4 members (excludes halogenated alkanes) is 14. The van der Waals surface area contributed by atoms with Crippen LogP contribution in [0.15, 0.2) is 48.6 Å². The van der Waals surface area contributed by atoms with Crippen molar-refractivity contribution in [3.05, 3.63) is 48.6 Å². The molecule has 0 aromatic carbocycles. The van der Waals surface area contributed by atoms with E-state index in [0.717, 1.165) is 77.0 Å². The van der Waals surface area contributed by atoms with Gasteiger partial charge < -0.3 is 14.6 Å². The summed E-state index contributed by atoms with van der Waals surface area (Å²) < 4.78 is 10.5. The van der Waals surface area contributed by atoms with E-state index < -0.39 is 6.10 Å². The van der Waals surface area contributed by atoms with E-state index in [4.69, 9.17) is 9.47 Å². The molecule has 1 N–H and O–H groups in total. The Hall–Kier alpha value is -2.14. The van der Waals surface area contributed by atoms with Crippen LogP contribution < -0.4 is 0 Å². The number of hydrogen-bond acceptors (Lipinski definition) is 5. The molecule has 1 atom stereocenters. The van der Waals surface area contributed by atoms with E-state index in [1.54, 1.807) is 0 Å². The van der Waals surface area contributed by atoms with Crippen molar-refractivity contribution in [3.8, 4) is 0 Å². The van der Waals surface area contributed by atoms with Crippen LogP contribution in [0.2, 0.25) is 0 Å². The summed E-state index contributed by atoms with van der Waals surface area (Å²) >= 11 is 0. The summed E-state index contributed by atoms with van der Waals surface area (Å²) in [5.74, 6) is -0.626. The van der Waals surface area contributed by atoms with Crippen molar-refractivity contribution in [2.24, 2.45) is 0 Å². The first kappa shape index (κ1) is 39.9. The highest BCUT2D eigenvalue weighted by Crippen LogP contribution is 2.11. The van der Waals surface area contributed by atoms with Crippen molar-refractivity contribution in [3.63, 3.8) is 0 Å². The van der Waals surface area contributed by atoms with Crippen molar-refractivity contribution >= 4 is 11.9 Å². The van der Waals surface area contributed by atoms with Crippen LogP contribution in [0.3, 0.4) is 0 Å². The number of esters is 2. The van der Waals surface area contributed by atoms with Crippen molar-refractivity contribution in [2.75, 3.05) is 13.2 Å². The quantitative estimate of drug-likeness (QED) is 0.0513. The smallest absolute Gasteiger partial charge is 0.306 e. The Kier molecular flexibility index (Phi) is 31.7. The predicted octanol–water partition coefficient (Wildman–Crippen LogP) is 10.3. The molecule has 0 unspecified atom stereocenters. The zero-order chi connectivity index (χ0) is 30.8. The molecule has 0 radical (unpaired) electrons. The average Bonchev–Trinajstić information content (AvgIpc) is 2.99. The van der Waals surface area contributed by atoms with E-state index in [1.165, 1.54) is 51.4 Å². The number of aliphatic hydroxyl groups is 1. The molecular weight excluding hydrogens is 524 g/mol. The number of carbonyl (C=O) groups excluding carboxylic acids is 2. The molecule has 0 saturated carbocycles. The lowest BCUT2D eigenvalue weighted by Crippen LogP contribution is -2.28. The van der Waals surface area contributed by atoms with E-state index >= 15 is 0 Å². The zero-order valence-corrected chi connectivity index (χ0v) is 27.2. The third-order valence-corrected chi connectivity index (χ3v) is 7.11. The second-order valence-electron chi connectivity index (χ2n) is 11.2. The van der Waals surface area contributed by atoms with Gasteiger partial charge in [-0.15, -0.1) is 0 Å². The summed E-state index contributed by atoms with van der Waals surface area (Å²) in [6.07, 6.45) is 40.2. The summed E-state index contributed by atoms with van der Waals surface area (Å²) in [6.45, 7) is 3.97. The molecule has 0 heterocycles. The molecule has 5 heteroatoms. The average molecular weight is 589 g/mol. The molecule has 42 heavy (non-hydrogen) atoms. The van der Waals surface area contributed by atoms with Crippen molar-refractivity contribution < 1.29 is 24.2 Å². The standard InChI is InChI=1S/C37H64O5/c1-3-5-7-9-11-13-15-17-18-20-21-23-25-27-29-31-36(39)41-34-35(33-38)42-37(40)32-30-28-26-24-22-19-16-14-12-10-8-6-4-2/h5,7,11,13-14,16-18,35,38H,3-4,6,8-10,12,15,19-34H2,1-2H3/b7-5+,13-11+,16-14+,18-17+/t35-/m0/s1. The van der Waals surface area contributed by atoms with Gasteiger partial charge in [-0.2, -0.15) is 0 Å². The number of allylic oxidation sites excluding steroid dienone is 8. The van der Waals surface area contributed by atoms with Gasteiger partial charge in [0.25, 0.3) is 0 Å². The van der Waals surface area contributed by atoms with Gasteiger partial charge in [0.05, 0.1) is 6.61 Å². The Balaban J connectivity index is 3.64. The van der Waals surface area contributed by atoms with Gasteiger partial charge >= 0.3 is 11.9 Å². The maximum absolute atomic E-state index is 12.1. The van der Waals surface area contributed by atoms with Gasteiger partial charge in [-0.25, -0.2) is 0 Å². The second kappa shape index (κ2) is 33.4. The number of carbonyl (C=O) groups is 2. The normalized spacial score (nSPS) is 12.7. The highest BCUT2D eigenvalue weighted by Gasteiger charge is 2.16. The molecule has 0 aromatic rings. The topological polar surface area (TPSA) is 72.8 Å². The van der Waals surface area contributed by atoms with Crippen LogP contribution >= 0.6 is 0 Å². The van der Waals surface area contributed by atoms with E-state index in [0.29, 0.717) is 12.8 Å². The minimum absolute atomic E-state index is 0.0792. The van der Waals surface area contributed by atoms with E-state index in [9.17, 15) is 14.7 Å². The van der Waals surface area contributed by atoms with Gasteiger partial charge in [-0.05, 0) is 70.6 Å². The molecule has 0 aliphatic heterocycles. The maximum atomic E-state index is 12.1. The lowest BCUT2D eigenvalue weighted by Gasteiger charge is -2.15. The Labute approximate surface area is 258 Å². The largest absolute Gasteiger partial charge is 0.462 e. The van der Waals surface area contributed by atoms with Crippen LogP contribution in [0, 0.1) is 0 Å². The summed E-state index contributed by atoms with van der Waals surface area (Å²) in [6, 6.07) is 0.